The van der Waals surface area contributed by atoms with Crippen LogP contribution in [0.5, 0.6) is 0 Å². The first kappa shape index (κ1) is 46.2. The van der Waals surface area contributed by atoms with Crippen molar-refractivity contribution in [1.29, 1.82) is 0 Å². The highest BCUT2D eigenvalue weighted by atomic mass is 32.2. The number of rotatable bonds is 31. The molecule has 304 valence electrons. The van der Waals surface area contributed by atoms with Crippen molar-refractivity contribution >= 4 is 51.0 Å². The summed E-state index contributed by atoms with van der Waals surface area (Å²) in [5, 5.41) is 15.6. The molecule has 0 amide bonds. The second kappa shape index (κ2) is 27.4. The number of thiazole rings is 1. The number of hydrogen-bond acceptors (Lipinski definition) is 6. The van der Waals surface area contributed by atoms with E-state index in [4.69, 9.17) is 9.98 Å². The minimum Gasteiger partial charge on any atom is -0.871 e. The molecule has 1 aliphatic carbocycles. The zero-order chi connectivity index (χ0) is 39.0. The zero-order valence-corrected chi connectivity index (χ0v) is 37.0. The van der Waals surface area contributed by atoms with Crippen LogP contribution in [-0.4, -0.2) is 52.4 Å². The third-order valence-electron chi connectivity index (χ3n) is 10.8. The summed E-state index contributed by atoms with van der Waals surface area (Å²) in [4.78, 5) is 27.8. The Morgan fingerprint density at radius 1 is 0.648 bits per heavy atom. The molecule has 0 aromatic carbocycles. The lowest BCUT2D eigenvalue weighted by Crippen LogP contribution is -2.30. The standard InChI is InChI=1S/C46H76N4O2S2/c1-7-11-15-19-23-27-33-49(34-28-24-20-16-12-8-2)45-47-37(5)40(53-45)32-31-39-42(51)41(43(39)52)44-38(6)48-46(54-44)50(35-29-25-21-17-13-9-3)36-30-26-22-18-14-10-4/h31-32H,7-30,33-36H2,1-6H3. The van der Waals surface area contributed by atoms with Gasteiger partial charge in [-0.15, -0.1) is 0 Å². The number of carbonyl (C=O) groups is 1. The number of hydrogen-bond donors (Lipinski definition) is 0. The molecule has 1 aromatic heterocycles. The molecular weight excluding hydrogens is 705 g/mol. The highest BCUT2D eigenvalue weighted by molar-refractivity contribution is 8.18. The van der Waals surface area contributed by atoms with E-state index in [0.717, 1.165) is 70.5 Å². The van der Waals surface area contributed by atoms with Crippen molar-refractivity contribution in [3.05, 3.63) is 38.5 Å². The monoisotopic (exact) mass is 781 g/mol. The predicted molar refractivity (Wildman–Crippen MR) is 236 cm³/mol. The first-order valence-electron chi connectivity index (χ1n) is 22.3. The summed E-state index contributed by atoms with van der Waals surface area (Å²) in [6.45, 7) is 17.1. The number of amidine groups is 1. The molecule has 0 N–H and O–H groups in total. The van der Waals surface area contributed by atoms with Gasteiger partial charge in [0.1, 0.15) is 0 Å². The van der Waals surface area contributed by atoms with E-state index in [0.29, 0.717) is 5.57 Å². The fourth-order valence-corrected chi connectivity index (χ4v) is 9.48. The molecule has 3 rings (SSSR count). The quantitative estimate of drug-likeness (QED) is 0.0426. The van der Waals surface area contributed by atoms with Crippen LogP contribution in [0.1, 0.15) is 199 Å². The van der Waals surface area contributed by atoms with E-state index >= 15 is 0 Å². The van der Waals surface area contributed by atoms with Crippen LogP contribution in [0.15, 0.2) is 32.9 Å². The molecule has 0 fully saturated rings. The van der Waals surface area contributed by atoms with Crippen LogP contribution in [0, 0.1) is 6.92 Å². The molecule has 8 heteroatoms. The number of aliphatic imine (C=N–C) groups is 1. The molecule has 0 radical (unpaired) electrons. The number of anilines is 1. The zero-order valence-electron chi connectivity index (χ0n) is 35.4. The van der Waals surface area contributed by atoms with Crippen LogP contribution in [0.3, 0.4) is 0 Å². The van der Waals surface area contributed by atoms with Gasteiger partial charge in [0.05, 0.1) is 28.6 Å². The van der Waals surface area contributed by atoms with Gasteiger partial charge in [-0.05, 0) is 56.5 Å². The Labute approximate surface area is 339 Å². The van der Waals surface area contributed by atoms with Crippen LogP contribution in [0.4, 0.5) is 5.13 Å². The molecule has 0 saturated carbocycles. The predicted octanol–water partition coefficient (Wildman–Crippen LogP) is 12.7. The number of aryl methyl sites for hydroxylation is 1. The lowest BCUT2D eigenvalue weighted by Gasteiger charge is -2.29. The molecule has 2 heterocycles. The molecule has 1 aromatic rings. The molecule has 0 spiro atoms. The molecular formula is C46H76N4O2S2. The summed E-state index contributed by atoms with van der Waals surface area (Å²) in [6, 6.07) is 0. The van der Waals surface area contributed by atoms with E-state index in [2.05, 4.69) is 37.2 Å². The Morgan fingerprint density at radius 2 is 1.11 bits per heavy atom. The van der Waals surface area contributed by atoms with Gasteiger partial charge in [-0.1, -0.05) is 166 Å². The molecule has 0 unspecified atom stereocenters. The average Bonchev–Trinajstić information content (AvgIpc) is 3.73. The molecule has 2 aliphatic rings. The molecule has 0 bridgehead atoms. The third-order valence-corrected chi connectivity index (χ3v) is 13.3. The number of unbranched alkanes of at least 4 members (excludes halogenated alkanes) is 20. The number of ketones is 1. The SMILES string of the molecule is CCCCCCCCN(CCCCCCCC)c1nc(C)c(/C=C/C2=C([O-])C(=C3/SC(=[N+](CCCCCCCC)CCCCCCCC)N=C3C)/C2=O)s1. The third kappa shape index (κ3) is 15.7. The van der Waals surface area contributed by atoms with Crippen molar-refractivity contribution in [3.63, 3.8) is 0 Å². The first-order valence-corrected chi connectivity index (χ1v) is 24.0. The number of aromatic nitrogens is 1. The Kier molecular flexibility index (Phi) is 23.5. The maximum absolute atomic E-state index is 13.5. The highest BCUT2D eigenvalue weighted by Crippen LogP contribution is 2.39. The summed E-state index contributed by atoms with van der Waals surface area (Å²) in [5.74, 6) is -0.300. The van der Waals surface area contributed by atoms with Crippen LogP contribution < -0.4 is 10.0 Å². The Balaban J connectivity index is 1.71. The Morgan fingerprint density at radius 3 is 1.59 bits per heavy atom. The van der Waals surface area contributed by atoms with E-state index in [-0.39, 0.29) is 17.1 Å². The van der Waals surface area contributed by atoms with Gasteiger partial charge >= 0.3 is 5.17 Å². The van der Waals surface area contributed by atoms with Gasteiger partial charge in [0.2, 0.25) is 0 Å². The van der Waals surface area contributed by atoms with E-state index in [1.54, 1.807) is 17.4 Å². The molecule has 1 aliphatic heterocycles. The summed E-state index contributed by atoms with van der Waals surface area (Å²) in [6.07, 6.45) is 34.2. The van der Waals surface area contributed by atoms with Crippen molar-refractivity contribution in [2.75, 3.05) is 31.1 Å². The lowest BCUT2D eigenvalue weighted by atomic mass is 9.86. The van der Waals surface area contributed by atoms with Gasteiger partial charge < -0.3 is 10.0 Å². The summed E-state index contributed by atoms with van der Waals surface area (Å²) < 4.78 is 2.42. The van der Waals surface area contributed by atoms with Gasteiger partial charge in [0.25, 0.3) is 0 Å². The first-order chi connectivity index (χ1) is 26.4. The fourth-order valence-electron chi connectivity index (χ4n) is 7.30. The molecule has 0 saturated heterocycles. The summed E-state index contributed by atoms with van der Waals surface area (Å²) >= 11 is 3.23. The van der Waals surface area contributed by atoms with Crippen LogP contribution in [0.25, 0.3) is 6.08 Å². The Hall–Kier alpha value is -2.19. The number of thioether (sulfide) groups is 1. The normalized spacial score (nSPS) is 15.9. The fraction of sp³-hybridized carbons (Fsp3) is 0.739. The van der Waals surface area contributed by atoms with Gasteiger partial charge in [0.15, 0.2) is 16.6 Å². The van der Waals surface area contributed by atoms with Crippen molar-refractivity contribution in [1.82, 2.24) is 4.98 Å². The molecule has 54 heavy (non-hydrogen) atoms. The minimum absolute atomic E-state index is 0.150. The summed E-state index contributed by atoms with van der Waals surface area (Å²) in [5.41, 5.74) is 2.36. The van der Waals surface area contributed by atoms with E-state index in [9.17, 15) is 9.90 Å². The average molecular weight is 781 g/mol. The second-order valence-electron chi connectivity index (χ2n) is 15.7. The minimum atomic E-state index is -0.150. The van der Waals surface area contributed by atoms with Crippen molar-refractivity contribution in [2.24, 2.45) is 4.99 Å². The van der Waals surface area contributed by atoms with E-state index < -0.39 is 0 Å². The van der Waals surface area contributed by atoms with Crippen molar-refractivity contribution in [3.8, 4) is 0 Å². The lowest BCUT2D eigenvalue weighted by molar-refractivity contribution is -0.527. The van der Waals surface area contributed by atoms with Crippen molar-refractivity contribution < 1.29 is 14.5 Å². The number of nitrogens with zero attached hydrogens (tertiary/aromatic N) is 4. The van der Waals surface area contributed by atoms with Crippen LogP contribution in [-0.2, 0) is 4.79 Å². The van der Waals surface area contributed by atoms with Crippen LogP contribution in [0.2, 0.25) is 0 Å². The molecule has 0 atom stereocenters. The smallest absolute Gasteiger partial charge is 0.359 e. The largest absolute Gasteiger partial charge is 0.871 e. The van der Waals surface area contributed by atoms with Gasteiger partial charge in [-0.25, -0.2) is 4.98 Å². The summed E-state index contributed by atoms with van der Waals surface area (Å²) in [7, 11) is 0. The van der Waals surface area contributed by atoms with Gasteiger partial charge in [0, 0.05) is 42.9 Å². The van der Waals surface area contributed by atoms with Crippen LogP contribution >= 0.6 is 23.1 Å². The van der Waals surface area contributed by atoms with Gasteiger partial charge in [-0.2, -0.15) is 0 Å². The maximum Gasteiger partial charge on any atom is 0.359 e. The van der Waals surface area contributed by atoms with E-state index in [1.165, 1.54) is 153 Å². The Bertz CT molecular complexity index is 1390. The maximum atomic E-state index is 13.5. The number of allylic oxidation sites excluding steroid dienone is 4. The second-order valence-corrected chi connectivity index (χ2v) is 17.7. The number of carbonyl (C=O) groups excluding carboxylic acids is 1. The van der Waals surface area contributed by atoms with Crippen molar-refractivity contribution in [2.45, 2.75) is 196 Å². The van der Waals surface area contributed by atoms with Gasteiger partial charge in [-0.3, -0.25) is 9.37 Å². The molecule has 6 nitrogen and oxygen atoms in total. The van der Waals surface area contributed by atoms with E-state index in [1.807, 2.05) is 19.9 Å². The number of Topliss-reactive ketones (excluding diaryl/α,β-unsaturated/α-hetero) is 1. The highest BCUT2D eigenvalue weighted by Gasteiger charge is 2.37. The topological polar surface area (TPSA) is 71.6 Å².